The van der Waals surface area contributed by atoms with Gasteiger partial charge in [0.25, 0.3) is 10.0 Å². The monoisotopic (exact) mass is 651 g/mol. The fourth-order valence-electron chi connectivity index (χ4n) is 4.78. The fraction of sp³-hybridized carbons (Fsp3) is 0.235. The van der Waals surface area contributed by atoms with Gasteiger partial charge in [-0.1, -0.05) is 103 Å². The van der Waals surface area contributed by atoms with Crippen molar-refractivity contribution in [2.45, 2.75) is 44.2 Å². The normalized spacial score (nSPS) is 11.9. The third-order valence-electron chi connectivity index (χ3n) is 7.22. The molecule has 0 aliphatic carbocycles. The van der Waals surface area contributed by atoms with Crippen LogP contribution in [0.15, 0.2) is 108 Å². The first-order valence-corrected chi connectivity index (χ1v) is 16.5. The van der Waals surface area contributed by atoms with Crippen molar-refractivity contribution in [3.8, 4) is 0 Å². The van der Waals surface area contributed by atoms with Gasteiger partial charge in [-0.25, -0.2) is 8.42 Å². The Morgan fingerprint density at radius 2 is 1.48 bits per heavy atom. The number of nitrogens with zero attached hydrogens (tertiary/aromatic N) is 2. The first-order valence-electron chi connectivity index (χ1n) is 14.3. The highest BCUT2D eigenvalue weighted by Crippen LogP contribution is 2.31. The van der Waals surface area contributed by atoms with E-state index in [0.717, 1.165) is 27.4 Å². The molecule has 4 aromatic carbocycles. The van der Waals surface area contributed by atoms with Crippen LogP contribution >= 0.6 is 23.2 Å². The molecule has 0 heterocycles. The zero-order chi connectivity index (χ0) is 31.7. The molecule has 1 N–H and O–H groups in total. The van der Waals surface area contributed by atoms with Gasteiger partial charge in [-0.05, 0) is 60.4 Å². The van der Waals surface area contributed by atoms with E-state index >= 15 is 0 Å². The Morgan fingerprint density at radius 3 is 2.11 bits per heavy atom. The van der Waals surface area contributed by atoms with E-state index < -0.39 is 28.5 Å². The lowest BCUT2D eigenvalue weighted by Crippen LogP contribution is -2.53. The molecule has 10 heteroatoms. The average Bonchev–Trinajstić information content (AvgIpc) is 3.03. The number of anilines is 1. The highest BCUT2D eigenvalue weighted by Gasteiger charge is 2.34. The van der Waals surface area contributed by atoms with Gasteiger partial charge in [0.2, 0.25) is 11.8 Å². The predicted octanol–water partition coefficient (Wildman–Crippen LogP) is 6.66. The van der Waals surface area contributed by atoms with Crippen LogP contribution in [0.2, 0.25) is 10.0 Å². The van der Waals surface area contributed by atoms with Crippen LogP contribution in [0.1, 0.15) is 30.0 Å². The topological polar surface area (TPSA) is 86.8 Å². The van der Waals surface area contributed by atoms with Crippen molar-refractivity contribution in [3.63, 3.8) is 0 Å². The molecule has 0 saturated carbocycles. The highest BCUT2D eigenvalue weighted by molar-refractivity contribution is 7.92. The number of aryl methyl sites for hydroxylation is 1. The van der Waals surface area contributed by atoms with Gasteiger partial charge in [0, 0.05) is 19.5 Å². The van der Waals surface area contributed by atoms with Crippen LogP contribution in [0.4, 0.5) is 5.69 Å². The lowest BCUT2D eigenvalue weighted by Gasteiger charge is -2.34. The molecule has 2 amide bonds. The third kappa shape index (κ3) is 8.20. The maximum absolute atomic E-state index is 14.5. The largest absolute Gasteiger partial charge is 0.354 e. The third-order valence-corrected chi connectivity index (χ3v) is 9.75. The van der Waals surface area contributed by atoms with Crippen LogP contribution in [-0.4, -0.2) is 44.3 Å². The Bertz CT molecular complexity index is 1690. The number of halogens is 2. The van der Waals surface area contributed by atoms with Crippen LogP contribution in [0.3, 0.4) is 0 Å². The second kappa shape index (κ2) is 15.2. The number of nitrogens with one attached hydrogen (secondary N) is 1. The molecule has 0 aliphatic heterocycles. The summed E-state index contributed by atoms with van der Waals surface area (Å²) in [5.41, 5.74) is 2.82. The van der Waals surface area contributed by atoms with E-state index in [1.165, 1.54) is 35.2 Å². The minimum absolute atomic E-state index is 0.00542. The van der Waals surface area contributed by atoms with Crippen molar-refractivity contribution in [2.24, 2.45) is 0 Å². The Kier molecular flexibility index (Phi) is 11.4. The minimum atomic E-state index is -4.23. The van der Waals surface area contributed by atoms with E-state index in [2.05, 4.69) is 5.32 Å². The Hall–Kier alpha value is -3.85. The van der Waals surface area contributed by atoms with Gasteiger partial charge >= 0.3 is 0 Å². The van der Waals surface area contributed by atoms with Crippen LogP contribution < -0.4 is 9.62 Å². The molecule has 0 unspecified atom stereocenters. The molecule has 0 radical (unpaired) electrons. The molecule has 1 atom stereocenters. The zero-order valence-corrected chi connectivity index (χ0v) is 26.9. The van der Waals surface area contributed by atoms with Crippen molar-refractivity contribution in [2.75, 3.05) is 17.4 Å². The van der Waals surface area contributed by atoms with Crippen molar-refractivity contribution >= 4 is 50.7 Å². The summed E-state index contributed by atoms with van der Waals surface area (Å²) in [5.74, 6) is -0.865. The number of benzene rings is 4. The summed E-state index contributed by atoms with van der Waals surface area (Å²) < 4.78 is 29.1. The molecule has 230 valence electrons. The summed E-state index contributed by atoms with van der Waals surface area (Å²) in [7, 11) is -4.23. The summed E-state index contributed by atoms with van der Waals surface area (Å²) in [4.78, 5) is 29.7. The molecule has 4 aromatic rings. The van der Waals surface area contributed by atoms with E-state index in [0.29, 0.717) is 6.54 Å². The molecule has 4 rings (SSSR count). The van der Waals surface area contributed by atoms with Gasteiger partial charge in [-0.2, -0.15) is 0 Å². The van der Waals surface area contributed by atoms with Gasteiger partial charge in [0.15, 0.2) is 0 Å². The first-order chi connectivity index (χ1) is 21.1. The van der Waals surface area contributed by atoms with Crippen molar-refractivity contribution in [3.05, 3.63) is 130 Å². The van der Waals surface area contributed by atoms with Gasteiger partial charge < -0.3 is 10.2 Å². The lowest BCUT2D eigenvalue weighted by molar-refractivity contribution is -0.140. The molecule has 0 spiro atoms. The molecule has 7 nitrogen and oxygen atoms in total. The number of carbonyl (C=O) groups is 2. The van der Waals surface area contributed by atoms with Crippen LogP contribution in [-0.2, 0) is 32.6 Å². The second-order valence-corrected chi connectivity index (χ2v) is 13.0. The molecule has 0 aromatic heterocycles. The first kappa shape index (κ1) is 33.1. The van der Waals surface area contributed by atoms with Gasteiger partial charge in [0.05, 0.1) is 20.6 Å². The molecule has 0 aliphatic rings. The summed E-state index contributed by atoms with van der Waals surface area (Å²) in [5, 5.41) is 3.33. The fourth-order valence-corrected chi connectivity index (χ4v) is 6.50. The average molecular weight is 653 g/mol. The van der Waals surface area contributed by atoms with E-state index in [1.54, 1.807) is 18.2 Å². The zero-order valence-electron chi connectivity index (χ0n) is 24.6. The van der Waals surface area contributed by atoms with E-state index in [-0.39, 0.29) is 39.5 Å². The number of amides is 2. The maximum Gasteiger partial charge on any atom is 0.264 e. The highest BCUT2D eigenvalue weighted by atomic mass is 35.5. The van der Waals surface area contributed by atoms with Gasteiger partial charge in [-0.15, -0.1) is 0 Å². The van der Waals surface area contributed by atoms with Crippen LogP contribution in [0.5, 0.6) is 0 Å². The van der Waals surface area contributed by atoms with Crippen molar-refractivity contribution in [1.29, 1.82) is 0 Å². The lowest BCUT2D eigenvalue weighted by atomic mass is 10.0. The second-order valence-electron chi connectivity index (χ2n) is 10.4. The van der Waals surface area contributed by atoms with Crippen molar-refractivity contribution < 1.29 is 18.0 Å². The molecule has 0 bridgehead atoms. The van der Waals surface area contributed by atoms with E-state index in [1.807, 2.05) is 68.4 Å². The van der Waals surface area contributed by atoms with Crippen LogP contribution in [0, 0.1) is 6.92 Å². The quantitative estimate of drug-likeness (QED) is 0.175. The summed E-state index contributed by atoms with van der Waals surface area (Å²) in [6, 6.07) is 28.4. The SMILES string of the molecule is CCCNC(=O)[C@@H](Cc1ccccc1)N(Cc1ccccc1C)C(=O)CN(c1ccc(Cl)c(Cl)c1)S(=O)(=O)c1ccccc1. The predicted molar refractivity (Wildman–Crippen MR) is 176 cm³/mol. The number of hydrogen-bond acceptors (Lipinski definition) is 4. The molecule has 0 saturated heterocycles. The number of rotatable bonds is 13. The Labute approximate surface area is 269 Å². The van der Waals surface area contributed by atoms with E-state index in [4.69, 9.17) is 23.2 Å². The molecular formula is C34H35Cl2N3O4S. The van der Waals surface area contributed by atoms with Gasteiger partial charge in [0.1, 0.15) is 12.6 Å². The summed E-state index contributed by atoms with van der Waals surface area (Å²) in [6.07, 6.45) is 0.960. The molecule has 0 fully saturated rings. The summed E-state index contributed by atoms with van der Waals surface area (Å²) >= 11 is 12.5. The smallest absolute Gasteiger partial charge is 0.264 e. The molecular weight excluding hydrogens is 617 g/mol. The Balaban J connectivity index is 1.81. The number of sulfonamides is 1. The molecule has 44 heavy (non-hydrogen) atoms. The summed E-state index contributed by atoms with van der Waals surface area (Å²) in [6.45, 7) is 3.85. The number of hydrogen-bond donors (Lipinski definition) is 1. The maximum atomic E-state index is 14.5. The standard InChI is InChI=1S/C34H35Cl2N3O4S/c1-3-20-37-34(41)32(21-26-13-6-4-7-14-26)38(23-27-15-11-10-12-25(27)2)33(40)24-39(28-18-19-30(35)31(36)22-28)44(42,43)29-16-8-5-9-17-29/h4-19,22,32H,3,20-21,23-24H2,1-2H3,(H,37,41)/t32-/m1/s1. The minimum Gasteiger partial charge on any atom is -0.354 e. The van der Waals surface area contributed by atoms with E-state index in [9.17, 15) is 18.0 Å². The van der Waals surface area contributed by atoms with Crippen LogP contribution in [0.25, 0.3) is 0 Å². The Morgan fingerprint density at radius 1 is 0.841 bits per heavy atom. The van der Waals surface area contributed by atoms with Crippen molar-refractivity contribution in [1.82, 2.24) is 10.2 Å². The van der Waals surface area contributed by atoms with Gasteiger partial charge in [-0.3, -0.25) is 13.9 Å². The number of carbonyl (C=O) groups excluding carboxylic acids is 2.